The summed E-state index contributed by atoms with van der Waals surface area (Å²) in [7, 11) is 0. The van der Waals surface area contributed by atoms with E-state index in [4.69, 9.17) is 5.11 Å². The van der Waals surface area contributed by atoms with Crippen molar-refractivity contribution in [2.75, 3.05) is 0 Å². The maximum atomic E-state index is 12.7. The number of aromatic amines is 1. The summed E-state index contributed by atoms with van der Waals surface area (Å²) in [5.41, 5.74) is -2.20. The van der Waals surface area contributed by atoms with Gasteiger partial charge in [0.1, 0.15) is 0 Å². The zero-order chi connectivity index (χ0) is 10.0. The first-order valence-electron chi connectivity index (χ1n) is 3.37. The van der Waals surface area contributed by atoms with E-state index in [0.717, 1.165) is 6.07 Å². The second-order valence-corrected chi connectivity index (χ2v) is 2.35. The average Bonchev–Trinajstić information content (AvgIpc) is 2.01. The molecule has 0 spiro atoms. The van der Waals surface area contributed by atoms with Crippen LogP contribution in [0.25, 0.3) is 0 Å². The lowest BCUT2D eigenvalue weighted by molar-refractivity contribution is 0.140. The van der Waals surface area contributed by atoms with Crippen molar-refractivity contribution in [1.29, 1.82) is 0 Å². The highest BCUT2D eigenvalue weighted by atomic mass is 19.3. The largest absolute Gasteiger partial charge is 0.392 e. The van der Waals surface area contributed by atoms with E-state index in [0.29, 0.717) is 0 Å². The Morgan fingerprint density at radius 1 is 1.54 bits per heavy atom. The van der Waals surface area contributed by atoms with Crippen LogP contribution in [0.4, 0.5) is 13.2 Å². The van der Waals surface area contributed by atoms with Crippen LogP contribution in [-0.2, 0) is 6.61 Å². The number of pyridine rings is 1. The number of alkyl halides is 2. The van der Waals surface area contributed by atoms with Gasteiger partial charge in [-0.05, 0) is 5.56 Å². The fourth-order valence-electron chi connectivity index (χ4n) is 0.955. The van der Waals surface area contributed by atoms with Crippen LogP contribution in [0.2, 0.25) is 0 Å². The Bertz CT molecular complexity index is 361. The molecule has 0 fully saturated rings. The van der Waals surface area contributed by atoms with Gasteiger partial charge in [0.25, 0.3) is 6.43 Å². The van der Waals surface area contributed by atoms with E-state index in [1.807, 2.05) is 0 Å². The molecule has 1 aromatic heterocycles. The van der Waals surface area contributed by atoms with Crippen LogP contribution >= 0.6 is 0 Å². The van der Waals surface area contributed by atoms with E-state index in [-0.39, 0.29) is 0 Å². The summed E-state index contributed by atoms with van der Waals surface area (Å²) < 4.78 is 37.0. The number of H-pyrrole nitrogens is 1. The van der Waals surface area contributed by atoms with Gasteiger partial charge in [0, 0.05) is 6.07 Å². The summed E-state index contributed by atoms with van der Waals surface area (Å²) >= 11 is 0. The molecule has 13 heavy (non-hydrogen) atoms. The van der Waals surface area contributed by atoms with Crippen molar-refractivity contribution in [2.24, 2.45) is 0 Å². The van der Waals surface area contributed by atoms with Crippen LogP contribution in [0.1, 0.15) is 17.6 Å². The van der Waals surface area contributed by atoms with Gasteiger partial charge in [-0.25, -0.2) is 8.78 Å². The summed E-state index contributed by atoms with van der Waals surface area (Å²) in [5, 5.41) is 8.56. The van der Waals surface area contributed by atoms with Crippen molar-refractivity contribution in [1.82, 2.24) is 4.98 Å². The van der Waals surface area contributed by atoms with Gasteiger partial charge >= 0.3 is 0 Å². The summed E-state index contributed by atoms with van der Waals surface area (Å²) in [6.07, 6.45) is -3.06. The topological polar surface area (TPSA) is 53.1 Å². The van der Waals surface area contributed by atoms with Gasteiger partial charge < -0.3 is 5.11 Å². The molecule has 0 aliphatic rings. The van der Waals surface area contributed by atoms with Crippen molar-refractivity contribution >= 4 is 0 Å². The SMILES string of the molecule is O=c1cc(CO)c(C(F)F)c(F)[nH]1. The third-order valence-electron chi connectivity index (χ3n) is 1.51. The molecule has 1 rings (SSSR count). The van der Waals surface area contributed by atoms with Crippen molar-refractivity contribution in [2.45, 2.75) is 13.0 Å². The van der Waals surface area contributed by atoms with Crippen LogP contribution in [-0.4, -0.2) is 10.1 Å². The third kappa shape index (κ3) is 1.89. The van der Waals surface area contributed by atoms with Crippen molar-refractivity contribution in [3.8, 4) is 0 Å². The summed E-state index contributed by atoms with van der Waals surface area (Å²) in [4.78, 5) is 12.2. The minimum absolute atomic E-state index is 0.392. The molecule has 0 amide bonds. The van der Waals surface area contributed by atoms with E-state index < -0.39 is 35.7 Å². The average molecular weight is 193 g/mol. The normalized spacial score (nSPS) is 10.8. The number of aromatic nitrogens is 1. The lowest BCUT2D eigenvalue weighted by Crippen LogP contribution is -2.13. The molecule has 0 unspecified atom stereocenters. The first-order chi connectivity index (χ1) is 6.06. The summed E-state index contributed by atoms with van der Waals surface area (Å²) in [6, 6.07) is 0.741. The summed E-state index contributed by atoms with van der Waals surface area (Å²) in [5.74, 6) is -1.40. The number of hydrogen-bond donors (Lipinski definition) is 2. The van der Waals surface area contributed by atoms with Gasteiger partial charge in [-0.3, -0.25) is 9.78 Å². The predicted molar refractivity (Wildman–Crippen MR) is 37.9 cm³/mol. The number of rotatable bonds is 2. The Hall–Kier alpha value is -1.30. The Morgan fingerprint density at radius 3 is 2.62 bits per heavy atom. The quantitative estimate of drug-likeness (QED) is 0.687. The zero-order valence-electron chi connectivity index (χ0n) is 6.35. The van der Waals surface area contributed by atoms with Gasteiger partial charge in [-0.15, -0.1) is 0 Å². The van der Waals surface area contributed by atoms with Crippen molar-refractivity contribution in [3.05, 3.63) is 33.5 Å². The van der Waals surface area contributed by atoms with Crippen LogP contribution in [0.5, 0.6) is 0 Å². The molecule has 0 bridgehead atoms. The monoisotopic (exact) mass is 193 g/mol. The molecule has 0 atom stereocenters. The first kappa shape index (κ1) is 9.79. The van der Waals surface area contributed by atoms with E-state index >= 15 is 0 Å². The summed E-state index contributed by atoms with van der Waals surface area (Å²) in [6.45, 7) is -0.791. The number of hydrogen-bond acceptors (Lipinski definition) is 2. The predicted octanol–water partition coefficient (Wildman–Crippen LogP) is 0.944. The van der Waals surface area contributed by atoms with E-state index in [9.17, 15) is 18.0 Å². The minimum atomic E-state index is -3.06. The minimum Gasteiger partial charge on any atom is -0.392 e. The Morgan fingerprint density at radius 2 is 2.15 bits per heavy atom. The van der Waals surface area contributed by atoms with Crippen molar-refractivity contribution < 1.29 is 18.3 Å². The van der Waals surface area contributed by atoms with E-state index in [1.165, 1.54) is 0 Å². The highest BCUT2D eigenvalue weighted by Gasteiger charge is 2.18. The maximum absolute atomic E-state index is 12.7. The lowest BCUT2D eigenvalue weighted by atomic mass is 10.1. The first-order valence-corrected chi connectivity index (χ1v) is 3.37. The Balaban J connectivity index is 3.38. The molecule has 0 aliphatic heterocycles. The fraction of sp³-hybridized carbons (Fsp3) is 0.286. The van der Waals surface area contributed by atoms with Crippen LogP contribution in [0, 0.1) is 5.95 Å². The Labute approximate surface area is 70.8 Å². The molecule has 0 aliphatic carbocycles. The highest BCUT2D eigenvalue weighted by Crippen LogP contribution is 2.23. The van der Waals surface area contributed by atoms with Gasteiger partial charge in [0.05, 0.1) is 12.2 Å². The molecule has 0 saturated heterocycles. The molecule has 0 saturated carbocycles. The second kappa shape index (κ2) is 3.61. The fourth-order valence-corrected chi connectivity index (χ4v) is 0.955. The standard InChI is InChI=1S/C7H6F3NO2/c8-6(9)5-3(2-12)1-4(13)11-7(5)10/h1,6,12H,2H2,(H,11,13). The number of nitrogens with one attached hydrogen (secondary N) is 1. The van der Waals surface area contributed by atoms with Crippen LogP contribution in [0.15, 0.2) is 10.9 Å². The van der Waals surface area contributed by atoms with Gasteiger partial charge in [0.15, 0.2) is 0 Å². The molecule has 1 heterocycles. The molecule has 2 N–H and O–H groups in total. The van der Waals surface area contributed by atoms with Gasteiger partial charge in [0.2, 0.25) is 11.5 Å². The van der Waals surface area contributed by atoms with Crippen LogP contribution < -0.4 is 5.56 Å². The smallest absolute Gasteiger partial charge is 0.268 e. The molecular formula is C7H6F3NO2. The molecule has 0 aromatic carbocycles. The van der Waals surface area contributed by atoms with Crippen molar-refractivity contribution in [3.63, 3.8) is 0 Å². The maximum Gasteiger partial charge on any atom is 0.268 e. The van der Waals surface area contributed by atoms with Gasteiger partial charge in [-0.2, -0.15) is 4.39 Å². The van der Waals surface area contributed by atoms with Gasteiger partial charge in [-0.1, -0.05) is 0 Å². The second-order valence-electron chi connectivity index (χ2n) is 2.35. The lowest BCUT2D eigenvalue weighted by Gasteiger charge is -2.05. The molecular weight excluding hydrogens is 187 g/mol. The molecule has 6 heteroatoms. The number of halogens is 3. The van der Waals surface area contributed by atoms with E-state index in [2.05, 4.69) is 0 Å². The van der Waals surface area contributed by atoms with Crippen LogP contribution in [0.3, 0.4) is 0 Å². The zero-order valence-corrected chi connectivity index (χ0v) is 6.35. The molecule has 1 aromatic rings. The molecule has 0 radical (unpaired) electrons. The molecule has 3 nitrogen and oxygen atoms in total. The molecule has 72 valence electrons. The highest BCUT2D eigenvalue weighted by molar-refractivity contribution is 5.24. The Kier molecular flexibility index (Phi) is 2.72. The van der Waals surface area contributed by atoms with E-state index in [1.54, 1.807) is 4.98 Å². The third-order valence-corrected chi connectivity index (χ3v) is 1.51. The number of aliphatic hydroxyl groups excluding tert-OH is 1. The number of aliphatic hydroxyl groups is 1.